The highest BCUT2D eigenvalue weighted by Crippen LogP contribution is 2.34. The van der Waals surface area contributed by atoms with E-state index in [-0.39, 0.29) is 11.8 Å². The van der Waals surface area contributed by atoms with Crippen molar-refractivity contribution in [1.29, 1.82) is 0 Å². The maximum Gasteiger partial charge on any atom is 0.228 e. The molecule has 0 bridgehead atoms. The maximum atomic E-state index is 13.0. The lowest BCUT2D eigenvalue weighted by molar-refractivity contribution is -0.119. The number of anilines is 1. The first-order valence-corrected chi connectivity index (χ1v) is 11.5. The molecule has 0 aliphatic carbocycles. The van der Waals surface area contributed by atoms with E-state index >= 15 is 0 Å². The summed E-state index contributed by atoms with van der Waals surface area (Å²) in [4.78, 5) is 18.0. The molecule has 2 aliphatic heterocycles. The number of benzene rings is 2. The molecule has 5 heteroatoms. The van der Waals surface area contributed by atoms with Gasteiger partial charge in [-0.25, -0.2) is 0 Å². The Hall–Kier alpha value is -2.37. The molecule has 0 unspecified atom stereocenters. The van der Waals surface area contributed by atoms with Crippen LogP contribution in [0.25, 0.3) is 0 Å². The summed E-state index contributed by atoms with van der Waals surface area (Å²) in [6, 6.07) is 16.9. The first-order chi connectivity index (χ1) is 15.0. The fourth-order valence-electron chi connectivity index (χ4n) is 5.37. The third-order valence-corrected chi connectivity index (χ3v) is 6.91. The molecule has 0 radical (unpaired) electrons. The van der Waals surface area contributed by atoms with E-state index in [2.05, 4.69) is 53.4 Å². The number of methoxy groups -OCH3 is 1. The third kappa shape index (κ3) is 5.28. The van der Waals surface area contributed by atoms with Gasteiger partial charge in [-0.1, -0.05) is 42.0 Å². The Morgan fingerprint density at radius 2 is 2.00 bits per heavy atom. The zero-order valence-corrected chi connectivity index (χ0v) is 19.0. The van der Waals surface area contributed by atoms with Crippen LogP contribution in [0.1, 0.15) is 30.4 Å². The number of nitrogens with one attached hydrogen (secondary N) is 1. The molecule has 2 saturated heterocycles. The SMILES string of the molecule is COc1ccccc1NC(=O)[C@@H]1C[C@@H]([C@@H]2CCCN(Cc3cccc(C)c3)C2)N(C)C1. The van der Waals surface area contributed by atoms with Crippen molar-refractivity contribution in [2.75, 3.05) is 39.1 Å². The molecule has 3 atom stereocenters. The molecule has 0 spiro atoms. The molecule has 2 aromatic rings. The van der Waals surface area contributed by atoms with E-state index in [0.717, 1.165) is 31.7 Å². The minimum atomic E-state index is 0.0204. The number of hydrogen-bond acceptors (Lipinski definition) is 4. The van der Waals surface area contributed by atoms with Crippen molar-refractivity contribution in [3.05, 3.63) is 59.7 Å². The van der Waals surface area contributed by atoms with E-state index in [1.165, 1.54) is 30.5 Å². The first-order valence-electron chi connectivity index (χ1n) is 11.5. The number of para-hydroxylation sites is 2. The van der Waals surface area contributed by atoms with Gasteiger partial charge in [-0.2, -0.15) is 0 Å². The van der Waals surface area contributed by atoms with Gasteiger partial charge in [0.2, 0.25) is 5.91 Å². The van der Waals surface area contributed by atoms with Crippen LogP contribution in [-0.2, 0) is 11.3 Å². The van der Waals surface area contributed by atoms with Crippen molar-refractivity contribution in [3.63, 3.8) is 0 Å². The second kappa shape index (κ2) is 9.84. The molecule has 31 heavy (non-hydrogen) atoms. The maximum absolute atomic E-state index is 13.0. The summed E-state index contributed by atoms with van der Waals surface area (Å²) in [5.41, 5.74) is 3.48. The van der Waals surface area contributed by atoms with E-state index < -0.39 is 0 Å². The molecule has 1 amide bonds. The van der Waals surface area contributed by atoms with Crippen LogP contribution in [0.15, 0.2) is 48.5 Å². The van der Waals surface area contributed by atoms with Gasteiger partial charge in [-0.3, -0.25) is 9.69 Å². The van der Waals surface area contributed by atoms with Gasteiger partial charge < -0.3 is 15.0 Å². The highest BCUT2D eigenvalue weighted by Gasteiger charge is 2.39. The number of piperidine rings is 1. The Morgan fingerprint density at radius 3 is 2.81 bits per heavy atom. The van der Waals surface area contributed by atoms with Crippen molar-refractivity contribution < 1.29 is 9.53 Å². The summed E-state index contributed by atoms with van der Waals surface area (Å²) in [6.07, 6.45) is 3.42. The number of carbonyl (C=O) groups excluding carboxylic acids is 1. The van der Waals surface area contributed by atoms with Gasteiger partial charge in [0.05, 0.1) is 18.7 Å². The van der Waals surface area contributed by atoms with Gasteiger partial charge in [-0.05, 0) is 63.4 Å². The predicted octanol–water partition coefficient (Wildman–Crippen LogP) is 4.17. The van der Waals surface area contributed by atoms with Gasteiger partial charge >= 0.3 is 0 Å². The number of hydrogen-bond donors (Lipinski definition) is 1. The second-order valence-corrected chi connectivity index (χ2v) is 9.26. The zero-order chi connectivity index (χ0) is 21.8. The van der Waals surface area contributed by atoms with E-state index in [1.54, 1.807) is 7.11 Å². The summed E-state index contributed by atoms with van der Waals surface area (Å²) in [5, 5.41) is 3.09. The molecular formula is C26H35N3O2. The molecule has 2 heterocycles. The van der Waals surface area contributed by atoms with Gasteiger partial charge in [0.25, 0.3) is 0 Å². The Balaban J connectivity index is 1.36. The quantitative estimate of drug-likeness (QED) is 0.760. The average molecular weight is 422 g/mol. The highest BCUT2D eigenvalue weighted by molar-refractivity contribution is 5.94. The van der Waals surface area contributed by atoms with Crippen LogP contribution >= 0.6 is 0 Å². The topological polar surface area (TPSA) is 44.8 Å². The number of nitrogens with zero attached hydrogens (tertiary/aromatic N) is 2. The minimum Gasteiger partial charge on any atom is -0.495 e. The minimum absolute atomic E-state index is 0.0204. The van der Waals surface area contributed by atoms with Gasteiger partial charge in [-0.15, -0.1) is 0 Å². The summed E-state index contributed by atoms with van der Waals surface area (Å²) in [7, 11) is 3.82. The number of carbonyl (C=O) groups is 1. The Morgan fingerprint density at radius 1 is 1.16 bits per heavy atom. The van der Waals surface area contributed by atoms with Crippen LogP contribution in [-0.4, -0.2) is 55.5 Å². The van der Waals surface area contributed by atoms with Gasteiger partial charge in [0.1, 0.15) is 5.75 Å². The molecule has 2 aliphatic rings. The number of ether oxygens (including phenoxy) is 1. The Bertz CT molecular complexity index is 900. The van der Waals surface area contributed by atoms with E-state index in [9.17, 15) is 4.79 Å². The highest BCUT2D eigenvalue weighted by atomic mass is 16.5. The molecule has 2 aromatic carbocycles. The fraction of sp³-hybridized carbons (Fsp3) is 0.500. The van der Waals surface area contributed by atoms with Crippen molar-refractivity contribution in [2.45, 2.75) is 38.8 Å². The van der Waals surface area contributed by atoms with Crippen LogP contribution in [0, 0.1) is 18.8 Å². The molecule has 166 valence electrons. The number of amides is 1. The molecule has 1 N–H and O–H groups in total. The van der Waals surface area contributed by atoms with Gasteiger partial charge in [0.15, 0.2) is 0 Å². The third-order valence-electron chi connectivity index (χ3n) is 6.91. The number of likely N-dealkylation sites (tertiary alicyclic amines) is 2. The van der Waals surface area contributed by atoms with Crippen LogP contribution in [0.4, 0.5) is 5.69 Å². The first kappa shape index (κ1) is 21.8. The van der Waals surface area contributed by atoms with Crippen LogP contribution in [0.2, 0.25) is 0 Å². The van der Waals surface area contributed by atoms with Crippen molar-refractivity contribution >= 4 is 11.6 Å². The fourth-order valence-corrected chi connectivity index (χ4v) is 5.37. The average Bonchev–Trinajstić information content (AvgIpc) is 3.16. The standard InChI is InChI=1S/C26H35N3O2/c1-19-8-6-9-20(14-19)16-29-13-7-10-21(18-29)24-15-22(17-28(24)2)26(30)27-23-11-4-5-12-25(23)31-3/h4-6,8-9,11-12,14,21-22,24H,7,10,13,15-18H2,1-3H3,(H,27,30)/t21-,22-,24+/m1/s1. The summed E-state index contributed by atoms with van der Waals surface area (Å²) in [5.74, 6) is 1.45. The van der Waals surface area contributed by atoms with Crippen LogP contribution in [0.5, 0.6) is 5.75 Å². The Labute approximate surface area is 186 Å². The molecule has 2 fully saturated rings. The van der Waals surface area contributed by atoms with E-state index in [0.29, 0.717) is 17.7 Å². The number of aryl methyl sites for hydroxylation is 1. The van der Waals surface area contributed by atoms with Crippen LogP contribution in [0.3, 0.4) is 0 Å². The molecule has 0 aromatic heterocycles. The lowest BCUT2D eigenvalue weighted by Gasteiger charge is -2.38. The summed E-state index contributed by atoms with van der Waals surface area (Å²) in [6.45, 7) is 6.28. The zero-order valence-electron chi connectivity index (χ0n) is 19.0. The van der Waals surface area contributed by atoms with Crippen LogP contribution < -0.4 is 10.1 Å². The Kier molecular flexibility index (Phi) is 6.93. The summed E-state index contributed by atoms with van der Waals surface area (Å²) >= 11 is 0. The van der Waals surface area contributed by atoms with Crippen molar-refractivity contribution in [3.8, 4) is 5.75 Å². The van der Waals surface area contributed by atoms with E-state index in [4.69, 9.17) is 4.74 Å². The molecule has 4 rings (SSSR count). The predicted molar refractivity (Wildman–Crippen MR) is 125 cm³/mol. The molecule has 0 saturated carbocycles. The largest absolute Gasteiger partial charge is 0.495 e. The smallest absolute Gasteiger partial charge is 0.228 e. The van der Waals surface area contributed by atoms with Crippen molar-refractivity contribution in [2.24, 2.45) is 11.8 Å². The number of rotatable bonds is 6. The van der Waals surface area contributed by atoms with E-state index in [1.807, 2.05) is 24.3 Å². The summed E-state index contributed by atoms with van der Waals surface area (Å²) < 4.78 is 5.38. The lowest BCUT2D eigenvalue weighted by Crippen LogP contribution is -2.43. The molecule has 5 nitrogen and oxygen atoms in total. The molecular weight excluding hydrogens is 386 g/mol. The second-order valence-electron chi connectivity index (χ2n) is 9.26. The monoisotopic (exact) mass is 421 g/mol. The van der Waals surface area contributed by atoms with Crippen molar-refractivity contribution in [1.82, 2.24) is 9.80 Å². The van der Waals surface area contributed by atoms with Gasteiger partial charge in [0, 0.05) is 25.7 Å². The lowest BCUT2D eigenvalue weighted by atomic mass is 9.87. The normalized spacial score (nSPS) is 24.8.